The Bertz CT molecular complexity index is 1090. The summed E-state index contributed by atoms with van der Waals surface area (Å²) in [6.07, 6.45) is 5.39. The quantitative estimate of drug-likeness (QED) is 0.502. The maximum Gasteiger partial charge on any atom is 0.257 e. The molecule has 1 saturated carbocycles. The van der Waals surface area contributed by atoms with E-state index in [0.717, 1.165) is 23.3 Å². The number of amidine groups is 1. The molecule has 0 radical (unpaired) electrons. The van der Waals surface area contributed by atoms with Gasteiger partial charge in [0.2, 0.25) is 11.8 Å². The first-order valence-electron chi connectivity index (χ1n) is 12.5. The van der Waals surface area contributed by atoms with Gasteiger partial charge in [-0.2, -0.15) is 0 Å². The SMILES string of the molecule is COc1cc(C)c(SC2CN=C(NC(=O)C3CC3)S2)cc1C(=O)N1CCN(C(=O)/C=C/CN(C)C)CC1. The highest BCUT2D eigenvalue weighted by Gasteiger charge is 2.32. The van der Waals surface area contributed by atoms with Gasteiger partial charge in [-0.1, -0.05) is 17.8 Å². The third-order valence-electron chi connectivity index (χ3n) is 6.40. The van der Waals surface area contributed by atoms with Gasteiger partial charge in [0, 0.05) is 49.6 Å². The third kappa shape index (κ3) is 7.30. The number of thioether (sulfide) groups is 2. The predicted octanol–water partition coefficient (Wildman–Crippen LogP) is 2.45. The normalized spacial score (nSPS) is 19.9. The second-order valence-electron chi connectivity index (χ2n) is 9.67. The average molecular weight is 546 g/mol. The van der Waals surface area contributed by atoms with Crippen LogP contribution in [0.3, 0.4) is 0 Å². The van der Waals surface area contributed by atoms with Gasteiger partial charge >= 0.3 is 0 Å². The second-order valence-corrected chi connectivity index (χ2v) is 12.4. The summed E-state index contributed by atoms with van der Waals surface area (Å²) in [6.45, 7) is 5.26. The lowest BCUT2D eigenvalue weighted by Crippen LogP contribution is -2.50. The fourth-order valence-corrected chi connectivity index (χ4v) is 6.42. The molecule has 2 fully saturated rings. The van der Waals surface area contributed by atoms with Gasteiger partial charge in [-0.25, -0.2) is 0 Å². The zero-order valence-corrected chi connectivity index (χ0v) is 23.5. The lowest BCUT2D eigenvalue weighted by atomic mass is 10.1. The Kier molecular flexibility index (Phi) is 9.20. The number of nitrogens with zero attached hydrogens (tertiary/aromatic N) is 4. The van der Waals surface area contributed by atoms with E-state index in [2.05, 4.69) is 10.3 Å². The lowest BCUT2D eigenvalue weighted by Gasteiger charge is -2.34. The van der Waals surface area contributed by atoms with Crippen LogP contribution in [0.15, 0.2) is 34.2 Å². The number of nitrogens with one attached hydrogen (secondary N) is 1. The van der Waals surface area contributed by atoms with Crippen molar-refractivity contribution in [1.29, 1.82) is 0 Å². The molecule has 3 aliphatic rings. The number of carbonyl (C=O) groups is 3. The van der Waals surface area contributed by atoms with Crippen LogP contribution in [0.25, 0.3) is 0 Å². The first-order valence-corrected chi connectivity index (χ1v) is 14.3. The summed E-state index contributed by atoms with van der Waals surface area (Å²) in [4.78, 5) is 49.0. The van der Waals surface area contributed by atoms with Crippen LogP contribution in [0.5, 0.6) is 5.75 Å². The molecule has 1 aromatic carbocycles. The van der Waals surface area contributed by atoms with Crippen molar-refractivity contribution in [3.8, 4) is 5.75 Å². The number of likely N-dealkylation sites (N-methyl/N-ethyl adjacent to an activating group) is 1. The Labute approximate surface area is 227 Å². The Morgan fingerprint density at radius 3 is 2.54 bits per heavy atom. The van der Waals surface area contributed by atoms with Crippen molar-refractivity contribution < 1.29 is 19.1 Å². The first kappa shape index (κ1) is 27.5. The van der Waals surface area contributed by atoms with Gasteiger partial charge in [0.15, 0.2) is 5.17 Å². The number of carbonyl (C=O) groups excluding carboxylic acids is 3. The van der Waals surface area contributed by atoms with E-state index in [-0.39, 0.29) is 28.2 Å². The van der Waals surface area contributed by atoms with E-state index < -0.39 is 0 Å². The van der Waals surface area contributed by atoms with Crippen LogP contribution in [0.2, 0.25) is 0 Å². The Balaban J connectivity index is 1.36. The van der Waals surface area contributed by atoms with E-state index in [0.29, 0.717) is 55.7 Å². The van der Waals surface area contributed by atoms with Crippen LogP contribution in [0, 0.1) is 12.8 Å². The van der Waals surface area contributed by atoms with Gasteiger partial charge in [0.05, 0.1) is 23.8 Å². The topological polar surface area (TPSA) is 94.5 Å². The number of amides is 3. The van der Waals surface area contributed by atoms with Crippen LogP contribution < -0.4 is 10.1 Å². The van der Waals surface area contributed by atoms with E-state index in [1.54, 1.807) is 46.5 Å². The third-order valence-corrected chi connectivity index (χ3v) is 8.95. The molecule has 1 atom stereocenters. The van der Waals surface area contributed by atoms with Crippen LogP contribution >= 0.6 is 23.5 Å². The van der Waals surface area contributed by atoms with Crippen molar-refractivity contribution in [1.82, 2.24) is 20.0 Å². The summed E-state index contributed by atoms with van der Waals surface area (Å²) in [5, 5.41) is 3.62. The summed E-state index contributed by atoms with van der Waals surface area (Å²) < 4.78 is 5.69. The molecular formula is C26H35N5O4S2. The smallest absolute Gasteiger partial charge is 0.257 e. The molecule has 1 aromatic rings. The summed E-state index contributed by atoms with van der Waals surface area (Å²) in [5.74, 6) is 0.639. The highest BCUT2D eigenvalue weighted by molar-refractivity contribution is 8.25. The minimum atomic E-state index is -0.0957. The minimum Gasteiger partial charge on any atom is -0.496 e. The van der Waals surface area contributed by atoms with Gasteiger partial charge in [-0.3, -0.25) is 19.4 Å². The van der Waals surface area contributed by atoms with Crippen molar-refractivity contribution in [3.63, 3.8) is 0 Å². The molecule has 1 unspecified atom stereocenters. The number of benzene rings is 1. The Hall–Kier alpha value is -2.50. The number of ether oxygens (including phenoxy) is 1. The molecule has 0 aromatic heterocycles. The van der Waals surface area contributed by atoms with Gasteiger partial charge in [-0.15, -0.1) is 11.8 Å². The van der Waals surface area contributed by atoms with Crippen LogP contribution in [0.4, 0.5) is 0 Å². The maximum absolute atomic E-state index is 13.5. The molecule has 37 heavy (non-hydrogen) atoms. The zero-order valence-electron chi connectivity index (χ0n) is 21.9. The number of methoxy groups -OCH3 is 1. The van der Waals surface area contributed by atoms with Gasteiger partial charge in [0.25, 0.3) is 5.91 Å². The highest BCUT2D eigenvalue weighted by Crippen LogP contribution is 2.39. The molecule has 0 bridgehead atoms. The summed E-state index contributed by atoms with van der Waals surface area (Å²) in [7, 11) is 5.48. The van der Waals surface area contributed by atoms with Gasteiger partial charge < -0.3 is 24.8 Å². The predicted molar refractivity (Wildman–Crippen MR) is 148 cm³/mol. The molecular weight excluding hydrogens is 510 g/mol. The number of piperazine rings is 1. The molecule has 200 valence electrons. The number of aryl methyl sites for hydroxylation is 1. The number of hydrogen-bond acceptors (Lipinski definition) is 8. The fourth-order valence-electron chi connectivity index (χ4n) is 4.08. The molecule has 0 spiro atoms. The van der Waals surface area contributed by atoms with Gasteiger partial charge in [-0.05, 0) is 51.6 Å². The van der Waals surface area contributed by atoms with Crippen molar-refractivity contribution in [3.05, 3.63) is 35.4 Å². The number of rotatable bonds is 8. The number of hydrogen-bond donors (Lipinski definition) is 1. The van der Waals surface area contributed by atoms with Crippen molar-refractivity contribution in [2.45, 2.75) is 29.2 Å². The van der Waals surface area contributed by atoms with Gasteiger partial charge in [0.1, 0.15) is 5.75 Å². The highest BCUT2D eigenvalue weighted by atomic mass is 32.2. The lowest BCUT2D eigenvalue weighted by molar-refractivity contribution is -0.127. The number of aliphatic imine (C=N–C) groups is 1. The molecule has 3 amide bonds. The summed E-state index contributed by atoms with van der Waals surface area (Å²) in [6, 6.07) is 3.81. The molecule has 4 rings (SSSR count). The molecule has 1 saturated heterocycles. The average Bonchev–Trinajstić information content (AvgIpc) is 3.65. The van der Waals surface area contributed by atoms with E-state index >= 15 is 0 Å². The van der Waals surface area contributed by atoms with Crippen LogP contribution in [-0.2, 0) is 9.59 Å². The largest absolute Gasteiger partial charge is 0.496 e. The van der Waals surface area contributed by atoms with E-state index in [1.165, 1.54) is 0 Å². The molecule has 9 nitrogen and oxygen atoms in total. The molecule has 2 heterocycles. The van der Waals surface area contributed by atoms with E-state index in [9.17, 15) is 14.4 Å². The van der Waals surface area contributed by atoms with Crippen molar-refractivity contribution in [2.24, 2.45) is 10.9 Å². The Morgan fingerprint density at radius 1 is 1.19 bits per heavy atom. The van der Waals surface area contributed by atoms with E-state index in [4.69, 9.17) is 4.74 Å². The zero-order chi connectivity index (χ0) is 26.5. The first-order chi connectivity index (χ1) is 17.7. The Morgan fingerprint density at radius 2 is 1.89 bits per heavy atom. The van der Waals surface area contributed by atoms with Crippen molar-refractivity contribution in [2.75, 3.05) is 60.5 Å². The molecule has 1 aliphatic carbocycles. The maximum atomic E-state index is 13.5. The van der Waals surface area contributed by atoms with E-state index in [1.807, 2.05) is 44.1 Å². The molecule has 11 heteroatoms. The van der Waals surface area contributed by atoms with Crippen LogP contribution in [-0.4, -0.2) is 103 Å². The standard InChI is InChI=1S/C26H35N5O4S2/c1-17-14-20(35-4)19(15-21(17)36-23-16-27-26(37-23)28-24(33)18-7-8-18)25(34)31-12-10-30(11-13-31)22(32)6-5-9-29(2)3/h5-6,14-15,18,23H,7-13,16H2,1-4H3,(H,27,28,33)/b6-5+. The minimum absolute atomic E-state index is 0.0236. The molecule has 1 N–H and O–H groups in total. The van der Waals surface area contributed by atoms with Crippen LogP contribution in [0.1, 0.15) is 28.8 Å². The second kappa shape index (κ2) is 12.4. The van der Waals surface area contributed by atoms with Crippen molar-refractivity contribution >= 4 is 46.4 Å². The monoisotopic (exact) mass is 545 g/mol. The summed E-state index contributed by atoms with van der Waals surface area (Å²) in [5.41, 5.74) is 1.54. The fraction of sp³-hybridized carbons (Fsp3) is 0.538. The summed E-state index contributed by atoms with van der Waals surface area (Å²) >= 11 is 3.21. The molecule has 2 aliphatic heterocycles.